The molecule has 0 unspecified atom stereocenters. The van der Waals surface area contributed by atoms with Crippen molar-refractivity contribution >= 4 is 22.8 Å². The molecule has 1 N–H and O–H groups in total. The summed E-state index contributed by atoms with van der Waals surface area (Å²) in [5.41, 5.74) is 5.28. The Morgan fingerprint density at radius 2 is 1.63 bits per heavy atom. The minimum atomic E-state index is -0.543. The average molecular weight is 510 g/mol. The van der Waals surface area contributed by atoms with Gasteiger partial charge in [0.1, 0.15) is 11.4 Å². The smallest absolute Gasteiger partial charge is 0.407 e. The minimum absolute atomic E-state index is 0.0123. The molecule has 0 radical (unpaired) electrons. The van der Waals surface area contributed by atoms with Crippen LogP contribution in [-0.4, -0.2) is 40.8 Å². The summed E-state index contributed by atoms with van der Waals surface area (Å²) in [5.74, 6) is -0.322. The molecule has 1 amide bonds. The SMILES string of the molecule is CC(C)(C)OC(=O)N[C@H]1CCN(c2ccc3nc(-c4ccc(F)cc4)c(-c4ccc(C#N)cc4)nc3c2)C1. The van der Waals surface area contributed by atoms with E-state index in [-0.39, 0.29) is 11.9 Å². The summed E-state index contributed by atoms with van der Waals surface area (Å²) in [7, 11) is 0. The van der Waals surface area contributed by atoms with Crippen molar-refractivity contribution in [2.24, 2.45) is 0 Å². The van der Waals surface area contributed by atoms with Gasteiger partial charge in [-0.05, 0) is 81.8 Å². The van der Waals surface area contributed by atoms with E-state index in [4.69, 9.17) is 14.7 Å². The van der Waals surface area contributed by atoms with E-state index in [1.807, 2.05) is 51.1 Å². The number of hydrogen-bond donors (Lipinski definition) is 1. The Morgan fingerprint density at radius 1 is 1.00 bits per heavy atom. The maximum Gasteiger partial charge on any atom is 0.407 e. The molecule has 1 aliphatic heterocycles. The first-order valence-electron chi connectivity index (χ1n) is 12.5. The lowest BCUT2D eigenvalue weighted by Gasteiger charge is -2.22. The second-order valence-corrected chi connectivity index (χ2v) is 10.4. The van der Waals surface area contributed by atoms with Crippen LogP contribution in [0.5, 0.6) is 0 Å². The quantitative estimate of drug-likeness (QED) is 0.359. The molecule has 1 fully saturated rings. The van der Waals surface area contributed by atoms with Crippen molar-refractivity contribution in [3.63, 3.8) is 0 Å². The van der Waals surface area contributed by atoms with E-state index in [9.17, 15) is 14.4 Å². The fourth-order valence-electron chi connectivity index (χ4n) is 4.54. The number of ether oxygens (including phenoxy) is 1. The zero-order chi connectivity index (χ0) is 26.9. The van der Waals surface area contributed by atoms with Crippen molar-refractivity contribution in [1.82, 2.24) is 15.3 Å². The third-order valence-electron chi connectivity index (χ3n) is 6.33. The molecule has 1 aromatic heterocycles. The van der Waals surface area contributed by atoms with E-state index in [0.717, 1.165) is 35.3 Å². The lowest BCUT2D eigenvalue weighted by molar-refractivity contribution is 0.0509. The summed E-state index contributed by atoms with van der Waals surface area (Å²) in [6.07, 6.45) is 0.400. The number of nitrogens with zero attached hydrogens (tertiary/aromatic N) is 4. The summed E-state index contributed by atoms with van der Waals surface area (Å²) in [6, 6.07) is 21.4. The van der Waals surface area contributed by atoms with Gasteiger partial charge in [0, 0.05) is 29.9 Å². The van der Waals surface area contributed by atoms with Crippen molar-refractivity contribution < 1.29 is 13.9 Å². The van der Waals surface area contributed by atoms with Crippen LogP contribution in [0, 0.1) is 17.1 Å². The fourth-order valence-corrected chi connectivity index (χ4v) is 4.54. The summed E-state index contributed by atoms with van der Waals surface area (Å²) < 4.78 is 19.0. The average Bonchev–Trinajstić information content (AvgIpc) is 3.35. The maximum absolute atomic E-state index is 13.6. The molecule has 1 saturated heterocycles. The van der Waals surface area contributed by atoms with Crippen LogP contribution in [0.1, 0.15) is 32.8 Å². The topological polar surface area (TPSA) is 91.1 Å². The first-order valence-corrected chi connectivity index (χ1v) is 12.5. The molecule has 0 saturated carbocycles. The summed E-state index contributed by atoms with van der Waals surface area (Å²) in [4.78, 5) is 24.3. The molecule has 192 valence electrons. The van der Waals surface area contributed by atoms with Crippen molar-refractivity contribution in [2.75, 3.05) is 18.0 Å². The van der Waals surface area contributed by atoms with Gasteiger partial charge in [0.2, 0.25) is 0 Å². The molecule has 0 spiro atoms. The Kier molecular flexibility index (Phi) is 6.68. The number of halogens is 1. The lowest BCUT2D eigenvalue weighted by atomic mass is 10.0. The van der Waals surface area contributed by atoms with Gasteiger partial charge in [0.25, 0.3) is 0 Å². The molecule has 7 nitrogen and oxygen atoms in total. The molecule has 5 rings (SSSR count). The second-order valence-electron chi connectivity index (χ2n) is 10.4. The van der Waals surface area contributed by atoms with Crippen molar-refractivity contribution in [1.29, 1.82) is 5.26 Å². The third kappa shape index (κ3) is 5.57. The molecule has 4 aromatic rings. The summed E-state index contributed by atoms with van der Waals surface area (Å²) in [5, 5.41) is 12.2. The van der Waals surface area contributed by atoms with Crippen molar-refractivity contribution in [3.05, 3.63) is 78.1 Å². The van der Waals surface area contributed by atoms with Crippen LogP contribution in [0.3, 0.4) is 0 Å². The molecular weight excluding hydrogens is 481 g/mol. The zero-order valence-corrected chi connectivity index (χ0v) is 21.5. The van der Waals surface area contributed by atoms with Crippen LogP contribution in [-0.2, 0) is 4.74 Å². The highest BCUT2D eigenvalue weighted by atomic mass is 19.1. The number of hydrogen-bond acceptors (Lipinski definition) is 6. The molecule has 38 heavy (non-hydrogen) atoms. The highest BCUT2D eigenvalue weighted by molar-refractivity contribution is 5.88. The summed E-state index contributed by atoms with van der Waals surface area (Å²) in [6.45, 7) is 6.98. The maximum atomic E-state index is 13.6. The lowest BCUT2D eigenvalue weighted by Crippen LogP contribution is -2.40. The first-order chi connectivity index (χ1) is 18.2. The van der Waals surface area contributed by atoms with E-state index in [0.29, 0.717) is 29.0 Å². The number of carbonyl (C=O) groups excluding carboxylic acids is 1. The third-order valence-corrected chi connectivity index (χ3v) is 6.33. The number of alkyl carbamates (subject to hydrolysis) is 1. The highest BCUT2D eigenvalue weighted by Gasteiger charge is 2.26. The molecule has 1 aliphatic rings. The van der Waals surface area contributed by atoms with Crippen molar-refractivity contribution in [3.8, 4) is 28.6 Å². The fraction of sp³-hybridized carbons (Fsp3) is 0.267. The molecule has 8 heteroatoms. The second kappa shape index (κ2) is 10.1. The number of fused-ring (bicyclic) bond motifs is 1. The molecule has 0 bridgehead atoms. The van der Waals surface area contributed by atoms with E-state index in [1.54, 1.807) is 24.3 Å². The van der Waals surface area contributed by atoms with Crippen LogP contribution in [0.4, 0.5) is 14.9 Å². The van der Waals surface area contributed by atoms with Crippen LogP contribution in [0.25, 0.3) is 33.5 Å². The largest absolute Gasteiger partial charge is 0.444 e. The Bertz CT molecular complexity index is 1520. The number of anilines is 1. The van der Waals surface area contributed by atoms with Gasteiger partial charge >= 0.3 is 6.09 Å². The minimum Gasteiger partial charge on any atom is -0.444 e. The van der Waals surface area contributed by atoms with Gasteiger partial charge in [-0.3, -0.25) is 0 Å². The number of amides is 1. The Morgan fingerprint density at radius 3 is 2.26 bits per heavy atom. The van der Waals surface area contributed by atoms with Gasteiger partial charge in [-0.15, -0.1) is 0 Å². The highest BCUT2D eigenvalue weighted by Crippen LogP contribution is 2.33. The molecule has 0 aliphatic carbocycles. The van der Waals surface area contributed by atoms with E-state index in [2.05, 4.69) is 16.3 Å². The predicted molar refractivity (Wildman–Crippen MR) is 145 cm³/mol. The van der Waals surface area contributed by atoms with Crippen LogP contribution >= 0.6 is 0 Å². The van der Waals surface area contributed by atoms with Gasteiger partial charge in [0.05, 0.1) is 40.1 Å². The summed E-state index contributed by atoms with van der Waals surface area (Å²) >= 11 is 0. The molecule has 1 atom stereocenters. The van der Waals surface area contributed by atoms with Gasteiger partial charge in [-0.1, -0.05) is 12.1 Å². The Hall–Kier alpha value is -4.51. The number of aromatic nitrogens is 2. The monoisotopic (exact) mass is 509 g/mol. The van der Waals surface area contributed by atoms with E-state index >= 15 is 0 Å². The normalized spacial score (nSPS) is 15.3. The number of carbonyl (C=O) groups is 1. The van der Waals surface area contributed by atoms with Gasteiger partial charge < -0.3 is 15.0 Å². The van der Waals surface area contributed by atoms with Crippen LogP contribution < -0.4 is 10.2 Å². The van der Waals surface area contributed by atoms with Gasteiger partial charge in [-0.25, -0.2) is 19.2 Å². The van der Waals surface area contributed by atoms with Crippen LogP contribution in [0.15, 0.2) is 66.7 Å². The predicted octanol–water partition coefficient (Wildman–Crippen LogP) is 6.08. The van der Waals surface area contributed by atoms with Gasteiger partial charge in [-0.2, -0.15) is 5.26 Å². The van der Waals surface area contributed by atoms with Crippen LogP contribution in [0.2, 0.25) is 0 Å². The zero-order valence-electron chi connectivity index (χ0n) is 21.5. The number of rotatable bonds is 4. The molecular formula is C30H28FN5O2. The van der Waals surface area contributed by atoms with Gasteiger partial charge in [0.15, 0.2) is 0 Å². The van der Waals surface area contributed by atoms with E-state index in [1.165, 1.54) is 12.1 Å². The molecule has 2 heterocycles. The molecule has 3 aromatic carbocycles. The standard InChI is InChI=1S/C30H28FN5O2/c1-30(2,3)38-29(37)33-23-14-15-36(18-23)24-12-13-25-26(16-24)35-28(20-6-4-19(17-32)5-7-20)27(34-25)21-8-10-22(31)11-9-21/h4-13,16,23H,14-15,18H2,1-3H3,(H,33,37)/t23-/m0/s1. The number of nitriles is 1. The van der Waals surface area contributed by atoms with Crippen molar-refractivity contribution in [2.45, 2.75) is 38.8 Å². The Labute approximate surface area is 220 Å². The Balaban J connectivity index is 1.47. The van der Waals surface area contributed by atoms with E-state index < -0.39 is 11.7 Å². The first kappa shape index (κ1) is 25.2. The number of benzene rings is 3. The number of nitrogens with one attached hydrogen (secondary N) is 1.